The number of amides is 2. The highest BCUT2D eigenvalue weighted by Crippen LogP contribution is 2.29. The number of hydrogen-bond acceptors (Lipinski definition) is 2. The van der Waals surface area contributed by atoms with E-state index in [0.29, 0.717) is 5.56 Å². The van der Waals surface area contributed by atoms with Gasteiger partial charge in [-0.2, -0.15) is 13.2 Å². The lowest BCUT2D eigenvalue weighted by molar-refractivity contribution is -0.137. The van der Waals surface area contributed by atoms with E-state index in [1.807, 2.05) is 0 Å². The Hall–Kier alpha value is -2.31. The number of carbonyl (C=O) groups excluding carboxylic acids is 2. The Labute approximate surface area is 126 Å². The van der Waals surface area contributed by atoms with Crippen LogP contribution in [0.2, 0.25) is 0 Å². The smallest absolute Gasteiger partial charge is 0.352 e. The van der Waals surface area contributed by atoms with Gasteiger partial charge in [0.05, 0.1) is 12.1 Å². The zero-order valence-corrected chi connectivity index (χ0v) is 12.2. The van der Waals surface area contributed by atoms with Crippen molar-refractivity contribution in [1.82, 2.24) is 10.6 Å². The van der Waals surface area contributed by atoms with Crippen LogP contribution in [-0.2, 0) is 15.8 Å². The Bertz CT molecular complexity index is 549. The first-order valence-electron chi connectivity index (χ1n) is 6.61. The van der Waals surface area contributed by atoms with Crippen LogP contribution in [0.15, 0.2) is 30.3 Å². The Morgan fingerprint density at radius 1 is 1.18 bits per heavy atom. The first kappa shape index (κ1) is 17.7. The van der Waals surface area contributed by atoms with Gasteiger partial charge in [-0.1, -0.05) is 12.1 Å². The zero-order chi connectivity index (χ0) is 16.8. The van der Waals surface area contributed by atoms with Gasteiger partial charge in [-0.15, -0.1) is 0 Å². The molecule has 0 aromatic heterocycles. The zero-order valence-electron chi connectivity index (χ0n) is 12.2. The molecule has 0 aliphatic rings. The van der Waals surface area contributed by atoms with Gasteiger partial charge < -0.3 is 10.6 Å². The molecule has 0 radical (unpaired) electrons. The summed E-state index contributed by atoms with van der Waals surface area (Å²) in [6.07, 6.45) is -1.86. The van der Waals surface area contributed by atoms with Crippen molar-refractivity contribution in [2.75, 3.05) is 6.54 Å². The van der Waals surface area contributed by atoms with Crippen molar-refractivity contribution in [3.05, 3.63) is 41.5 Å². The minimum atomic E-state index is -4.39. The monoisotopic (exact) mass is 314 g/mol. The van der Waals surface area contributed by atoms with Crippen LogP contribution in [0.4, 0.5) is 13.2 Å². The summed E-state index contributed by atoms with van der Waals surface area (Å²) in [7, 11) is 0. The summed E-state index contributed by atoms with van der Waals surface area (Å²) in [5.41, 5.74) is -0.297. The van der Waals surface area contributed by atoms with Gasteiger partial charge >= 0.3 is 6.18 Å². The third-order valence-electron chi connectivity index (χ3n) is 2.54. The van der Waals surface area contributed by atoms with Crippen LogP contribution in [0.25, 0.3) is 6.08 Å². The fourth-order valence-corrected chi connectivity index (χ4v) is 1.55. The molecule has 0 spiro atoms. The number of hydrogen-bond donors (Lipinski definition) is 2. The van der Waals surface area contributed by atoms with Gasteiger partial charge in [0.25, 0.3) is 0 Å². The molecular formula is C15H17F3N2O2. The molecule has 22 heavy (non-hydrogen) atoms. The molecule has 0 atom stereocenters. The summed E-state index contributed by atoms with van der Waals surface area (Å²) < 4.78 is 37.1. The lowest BCUT2D eigenvalue weighted by Crippen LogP contribution is -2.39. The Kier molecular flexibility index (Phi) is 6.15. The molecule has 0 saturated heterocycles. The van der Waals surface area contributed by atoms with E-state index in [0.717, 1.165) is 18.2 Å². The highest BCUT2D eigenvalue weighted by molar-refractivity contribution is 5.94. The number of alkyl halides is 3. The van der Waals surface area contributed by atoms with Gasteiger partial charge in [-0.05, 0) is 37.6 Å². The van der Waals surface area contributed by atoms with E-state index in [1.54, 1.807) is 13.8 Å². The molecule has 120 valence electrons. The lowest BCUT2D eigenvalue weighted by Gasteiger charge is -2.08. The quantitative estimate of drug-likeness (QED) is 0.820. The summed E-state index contributed by atoms with van der Waals surface area (Å²) in [5, 5.41) is 4.98. The van der Waals surface area contributed by atoms with Crippen molar-refractivity contribution in [2.45, 2.75) is 26.1 Å². The van der Waals surface area contributed by atoms with Crippen LogP contribution < -0.4 is 10.6 Å². The second-order valence-corrected chi connectivity index (χ2v) is 4.89. The van der Waals surface area contributed by atoms with Gasteiger partial charge in [0.2, 0.25) is 11.8 Å². The van der Waals surface area contributed by atoms with Crippen molar-refractivity contribution in [1.29, 1.82) is 0 Å². The van der Waals surface area contributed by atoms with E-state index in [2.05, 4.69) is 10.6 Å². The Morgan fingerprint density at radius 3 is 2.27 bits per heavy atom. The van der Waals surface area contributed by atoms with E-state index in [9.17, 15) is 22.8 Å². The molecule has 7 heteroatoms. The topological polar surface area (TPSA) is 58.2 Å². The SMILES string of the molecule is CC(C)NC(=O)CNC(=O)/C=C/c1ccc(C(F)(F)F)cc1. The molecule has 0 unspecified atom stereocenters. The summed E-state index contributed by atoms with van der Waals surface area (Å²) in [5.74, 6) is -0.815. The molecule has 0 saturated carbocycles. The van der Waals surface area contributed by atoms with E-state index < -0.39 is 17.6 Å². The fourth-order valence-electron chi connectivity index (χ4n) is 1.55. The number of rotatable bonds is 5. The molecule has 0 bridgehead atoms. The normalized spacial score (nSPS) is 11.7. The predicted octanol–water partition coefficient (Wildman–Crippen LogP) is 2.36. The molecule has 4 nitrogen and oxygen atoms in total. The van der Waals surface area contributed by atoms with Crippen molar-refractivity contribution >= 4 is 17.9 Å². The summed E-state index contributed by atoms with van der Waals surface area (Å²) >= 11 is 0. The van der Waals surface area contributed by atoms with E-state index in [-0.39, 0.29) is 18.5 Å². The minimum Gasteiger partial charge on any atom is -0.352 e. The molecule has 0 aliphatic carbocycles. The maximum Gasteiger partial charge on any atom is 0.416 e. The van der Waals surface area contributed by atoms with E-state index in [1.165, 1.54) is 18.2 Å². The van der Waals surface area contributed by atoms with Crippen LogP contribution in [0.3, 0.4) is 0 Å². The largest absolute Gasteiger partial charge is 0.416 e. The second kappa shape index (κ2) is 7.63. The van der Waals surface area contributed by atoms with Crippen molar-refractivity contribution in [3.8, 4) is 0 Å². The lowest BCUT2D eigenvalue weighted by atomic mass is 10.1. The van der Waals surface area contributed by atoms with E-state index in [4.69, 9.17) is 0 Å². The number of carbonyl (C=O) groups is 2. The molecule has 0 fully saturated rings. The molecule has 1 rings (SSSR count). The van der Waals surface area contributed by atoms with Gasteiger partial charge in [0, 0.05) is 12.1 Å². The second-order valence-electron chi connectivity index (χ2n) is 4.89. The van der Waals surface area contributed by atoms with Gasteiger partial charge in [0.15, 0.2) is 0 Å². The molecule has 0 heterocycles. The third kappa shape index (κ3) is 6.43. The van der Waals surface area contributed by atoms with Gasteiger partial charge in [0.1, 0.15) is 0 Å². The maximum absolute atomic E-state index is 12.4. The van der Waals surface area contributed by atoms with Crippen LogP contribution in [0.5, 0.6) is 0 Å². The van der Waals surface area contributed by atoms with Crippen LogP contribution in [0, 0.1) is 0 Å². The molecule has 1 aromatic rings. The number of nitrogens with one attached hydrogen (secondary N) is 2. The molecule has 2 amide bonds. The van der Waals surface area contributed by atoms with Gasteiger partial charge in [-0.3, -0.25) is 9.59 Å². The minimum absolute atomic E-state index is 0.0212. The summed E-state index contributed by atoms with van der Waals surface area (Å²) in [6, 6.07) is 4.38. The van der Waals surface area contributed by atoms with Crippen LogP contribution in [-0.4, -0.2) is 24.4 Å². The first-order valence-corrected chi connectivity index (χ1v) is 6.61. The fraction of sp³-hybridized carbons (Fsp3) is 0.333. The molecular weight excluding hydrogens is 297 g/mol. The first-order chi connectivity index (χ1) is 10.2. The third-order valence-corrected chi connectivity index (χ3v) is 2.54. The molecule has 1 aromatic carbocycles. The van der Waals surface area contributed by atoms with Crippen LogP contribution >= 0.6 is 0 Å². The van der Waals surface area contributed by atoms with Crippen molar-refractivity contribution in [2.24, 2.45) is 0 Å². The molecule has 0 aliphatic heterocycles. The number of halogens is 3. The Morgan fingerprint density at radius 2 is 1.77 bits per heavy atom. The van der Waals surface area contributed by atoms with Crippen molar-refractivity contribution in [3.63, 3.8) is 0 Å². The average molecular weight is 314 g/mol. The molecule has 2 N–H and O–H groups in total. The summed E-state index contributed by atoms with van der Waals surface area (Å²) in [4.78, 5) is 22.8. The number of benzene rings is 1. The van der Waals surface area contributed by atoms with Crippen LogP contribution in [0.1, 0.15) is 25.0 Å². The van der Waals surface area contributed by atoms with Crippen molar-refractivity contribution < 1.29 is 22.8 Å². The Balaban J connectivity index is 2.50. The van der Waals surface area contributed by atoms with Gasteiger partial charge in [-0.25, -0.2) is 0 Å². The standard InChI is InChI=1S/C15H17F3N2O2/c1-10(2)20-14(22)9-19-13(21)8-5-11-3-6-12(7-4-11)15(16,17)18/h3-8,10H,9H2,1-2H3,(H,19,21)(H,20,22)/b8-5+. The van der Waals surface area contributed by atoms with E-state index >= 15 is 0 Å². The maximum atomic E-state index is 12.4. The average Bonchev–Trinajstić information content (AvgIpc) is 2.41. The summed E-state index contributed by atoms with van der Waals surface area (Å²) in [6.45, 7) is 3.43. The highest BCUT2D eigenvalue weighted by Gasteiger charge is 2.29. The predicted molar refractivity (Wildman–Crippen MR) is 76.8 cm³/mol. The highest BCUT2D eigenvalue weighted by atomic mass is 19.4.